The Kier molecular flexibility index (Phi) is 2.51. The Labute approximate surface area is 90.0 Å². The molecule has 76 valence electrons. The van der Waals surface area contributed by atoms with Gasteiger partial charge in [0.2, 0.25) is 0 Å². The Bertz CT molecular complexity index is 470. The van der Waals surface area contributed by atoms with Gasteiger partial charge in [0.25, 0.3) is 11.1 Å². The molecule has 0 unspecified atom stereocenters. The second-order valence-electron chi connectivity index (χ2n) is 2.88. The van der Waals surface area contributed by atoms with E-state index in [9.17, 15) is 9.59 Å². The van der Waals surface area contributed by atoms with Crippen molar-refractivity contribution in [3.8, 4) is 0 Å². The molecule has 0 saturated carbocycles. The number of imide groups is 1. The van der Waals surface area contributed by atoms with Gasteiger partial charge in [-0.25, -0.2) is 9.97 Å². The second-order valence-corrected chi connectivity index (χ2v) is 3.90. The molecule has 1 saturated heterocycles. The third-order valence-corrected chi connectivity index (χ3v) is 2.53. The van der Waals surface area contributed by atoms with Crippen LogP contribution in [0.15, 0.2) is 17.2 Å². The summed E-state index contributed by atoms with van der Waals surface area (Å²) in [6.07, 6.45) is 3.17. The summed E-state index contributed by atoms with van der Waals surface area (Å²) in [5.74, 6) is 0.250. The van der Waals surface area contributed by atoms with Crippen molar-refractivity contribution < 1.29 is 9.59 Å². The van der Waals surface area contributed by atoms with Crippen LogP contribution in [-0.2, 0) is 4.79 Å². The number of hydrogen-bond acceptors (Lipinski definition) is 5. The molecule has 1 aromatic heterocycles. The van der Waals surface area contributed by atoms with Crippen LogP contribution in [0.3, 0.4) is 0 Å². The third kappa shape index (κ3) is 2.21. The van der Waals surface area contributed by atoms with Gasteiger partial charge in [-0.15, -0.1) is 0 Å². The zero-order valence-corrected chi connectivity index (χ0v) is 8.67. The first-order chi connectivity index (χ1) is 7.15. The molecule has 1 fully saturated rings. The highest BCUT2D eigenvalue weighted by atomic mass is 32.2. The lowest BCUT2D eigenvalue weighted by atomic mass is 10.3. The normalized spacial score (nSPS) is 18.3. The first-order valence-electron chi connectivity index (χ1n) is 4.19. The molecule has 0 radical (unpaired) electrons. The van der Waals surface area contributed by atoms with Gasteiger partial charge in [0.1, 0.15) is 5.82 Å². The number of hydrogen-bond donors (Lipinski definition) is 1. The van der Waals surface area contributed by atoms with Crippen LogP contribution in [0.25, 0.3) is 6.08 Å². The molecule has 1 aliphatic rings. The minimum Gasteiger partial charge on any atom is -0.282 e. The van der Waals surface area contributed by atoms with Gasteiger partial charge < -0.3 is 0 Å². The molecule has 0 bridgehead atoms. The Morgan fingerprint density at radius 3 is 2.87 bits per heavy atom. The van der Waals surface area contributed by atoms with E-state index in [0.717, 1.165) is 11.8 Å². The summed E-state index contributed by atoms with van der Waals surface area (Å²) in [5.41, 5.74) is 0.620. The zero-order valence-electron chi connectivity index (χ0n) is 7.85. The number of carbonyl (C=O) groups excluding carboxylic acids is 2. The highest BCUT2D eigenvalue weighted by molar-refractivity contribution is 8.18. The molecule has 0 aliphatic carbocycles. The molecule has 1 aliphatic heterocycles. The standard InChI is InChI=1S/C9H7N3O2S/c1-5-10-3-2-6(11-5)4-7-8(13)12-9(14)15-7/h2-4H,1H3,(H,12,13,14). The van der Waals surface area contributed by atoms with Crippen molar-refractivity contribution in [2.45, 2.75) is 6.92 Å². The molecule has 1 N–H and O–H groups in total. The summed E-state index contributed by atoms with van der Waals surface area (Å²) in [6, 6.07) is 1.68. The van der Waals surface area contributed by atoms with Crippen LogP contribution in [0.1, 0.15) is 11.5 Å². The molecule has 6 heteroatoms. The van der Waals surface area contributed by atoms with Gasteiger partial charge in [0.15, 0.2) is 0 Å². The van der Waals surface area contributed by atoms with Crippen molar-refractivity contribution in [1.29, 1.82) is 0 Å². The number of carbonyl (C=O) groups is 2. The third-order valence-electron chi connectivity index (χ3n) is 1.72. The highest BCUT2D eigenvalue weighted by Crippen LogP contribution is 2.24. The van der Waals surface area contributed by atoms with Gasteiger partial charge in [-0.2, -0.15) is 0 Å². The number of aryl methyl sites for hydroxylation is 1. The van der Waals surface area contributed by atoms with Gasteiger partial charge in [0, 0.05) is 6.20 Å². The number of thioether (sulfide) groups is 1. The summed E-state index contributed by atoms with van der Waals surface area (Å²) in [6.45, 7) is 1.76. The molecule has 1 aromatic rings. The fraction of sp³-hybridized carbons (Fsp3) is 0.111. The SMILES string of the molecule is Cc1nccc(C=C2SC(=O)NC2=O)n1. The molecule has 2 heterocycles. The average molecular weight is 221 g/mol. The summed E-state index contributed by atoms with van der Waals surface area (Å²) in [4.78, 5) is 30.5. The molecule has 5 nitrogen and oxygen atoms in total. The molecular weight excluding hydrogens is 214 g/mol. The quantitative estimate of drug-likeness (QED) is 0.719. The Morgan fingerprint density at radius 1 is 1.47 bits per heavy atom. The maximum atomic E-state index is 11.2. The maximum absolute atomic E-state index is 11.2. The Morgan fingerprint density at radius 2 is 2.27 bits per heavy atom. The zero-order chi connectivity index (χ0) is 10.8. The fourth-order valence-electron chi connectivity index (χ4n) is 1.11. The lowest BCUT2D eigenvalue weighted by Gasteiger charge is -1.94. The Hall–Kier alpha value is -1.69. The van der Waals surface area contributed by atoms with Crippen LogP contribution in [0.5, 0.6) is 0 Å². The maximum Gasteiger partial charge on any atom is 0.290 e. The van der Waals surface area contributed by atoms with Crippen LogP contribution in [0, 0.1) is 6.92 Å². The molecule has 2 rings (SSSR count). The van der Waals surface area contributed by atoms with Gasteiger partial charge in [-0.3, -0.25) is 14.9 Å². The van der Waals surface area contributed by atoms with Crippen LogP contribution >= 0.6 is 11.8 Å². The van der Waals surface area contributed by atoms with Crippen LogP contribution in [0.2, 0.25) is 0 Å². The molecule has 0 aromatic carbocycles. The molecule has 0 spiro atoms. The van der Waals surface area contributed by atoms with E-state index in [1.54, 1.807) is 25.3 Å². The van der Waals surface area contributed by atoms with E-state index in [0.29, 0.717) is 16.4 Å². The lowest BCUT2D eigenvalue weighted by molar-refractivity contribution is -0.115. The minimum absolute atomic E-state index is 0.350. The summed E-state index contributed by atoms with van der Waals surface area (Å²) in [7, 11) is 0. The van der Waals surface area contributed by atoms with Crippen molar-refractivity contribution >= 4 is 29.0 Å². The minimum atomic E-state index is -0.374. The summed E-state index contributed by atoms with van der Waals surface area (Å²) in [5, 5.41) is 1.83. The van der Waals surface area contributed by atoms with Crippen LogP contribution < -0.4 is 5.32 Å². The first-order valence-corrected chi connectivity index (χ1v) is 5.01. The van der Waals surface area contributed by atoms with Crippen LogP contribution in [0.4, 0.5) is 4.79 Å². The number of nitrogens with zero attached hydrogens (tertiary/aromatic N) is 2. The van der Waals surface area contributed by atoms with E-state index in [4.69, 9.17) is 0 Å². The summed E-state index contributed by atoms with van der Waals surface area (Å²) >= 11 is 0.875. The highest BCUT2D eigenvalue weighted by Gasteiger charge is 2.24. The van der Waals surface area contributed by atoms with E-state index in [1.165, 1.54) is 0 Å². The Balaban J connectivity index is 2.31. The summed E-state index contributed by atoms with van der Waals surface area (Å²) < 4.78 is 0. The smallest absolute Gasteiger partial charge is 0.282 e. The van der Waals surface area contributed by atoms with Gasteiger partial charge in [0.05, 0.1) is 10.6 Å². The number of amides is 2. The number of rotatable bonds is 1. The van der Waals surface area contributed by atoms with Crippen molar-refractivity contribution in [2.24, 2.45) is 0 Å². The first kappa shape index (κ1) is 9.85. The van der Waals surface area contributed by atoms with Crippen molar-refractivity contribution in [1.82, 2.24) is 15.3 Å². The van der Waals surface area contributed by atoms with Gasteiger partial charge in [-0.1, -0.05) is 0 Å². The van der Waals surface area contributed by atoms with E-state index in [1.807, 2.05) is 0 Å². The van der Waals surface area contributed by atoms with Gasteiger partial charge >= 0.3 is 0 Å². The predicted molar refractivity (Wildman–Crippen MR) is 55.9 cm³/mol. The van der Waals surface area contributed by atoms with E-state index >= 15 is 0 Å². The van der Waals surface area contributed by atoms with E-state index in [-0.39, 0.29) is 11.1 Å². The van der Waals surface area contributed by atoms with E-state index < -0.39 is 0 Å². The predicted octanol–water partition coefficient (Wildman–Crippen LogP) is 1.11. The second kappa shape index (κ2) is 3.82. The van der Waals surface area contributed by atoms with Crippen LogP contribution in [-0.4, -0.2) is 21.1 Å². The lowest BCUT2D eigenvalue weighted by Crippen LogP contribution is -2.17. The molecular formula is C9H7N3O2S. The average Bonchev–Trinajstić information content (AvgIpc) is 2.45. The van der Waals surface area contributed by atoms with E-state index in [2.05, 4.69) is 15.3 Å². The number of nitrogens with one attached hydrogen (secondary N) is 1. The molecule has 15 heavy (non-hydrogen) atoms. The topological polar surface area (TPSA) is 72.0 Å². The largest absolute Gasteiger partial charge is 0.290 e. The van der Waals surface area contributed by atoms with Gasteiger partial charge in [-0.05, 0) is 30.8 Å². The van der Waals surface area contributed by atoms with Crippen molar-refractivity contribution in [3.05, 3.63) is 28.7 Å². The fourth-order valence-corrected chi connectivity index (χ4v) is 1.78. The van der Waals surface area contributed by atoms with Crippen molar-refractivity contribution in [3.63, 3.8) is 0 Å². The molecule has 2 amide bonds. The van der Waals surface area contributed by atoms with Crippen molar-refractivity contribution in [2.75, 3.05) is 0 Å². The monoisotopic (exact) mass is 221 g/mol. The molecule has 0 atom stereocenters. The number of aromatic nitrogens is 2.